The average molecular weight is 413 g/mol. The number of aliphatic hydroxyl groups excluding tert-OH is 1. The number of rotatable bonds is 3. The number of benzene rings is 1. The summed E-state index contributed by atoms with van der Waals surface area (Å²) < 4.78 is 38.5. The van der Waals surface area contributed by atoms with Gasteiger partial charge >= 0.3 is 6.18 Å². The average Bonchev–Trinajstić information content (AvgIpc) is 3.22. The van der Waals surface area contributed by atoms with E-state index in [9.17, 15) is 18.3 Å². The minimum atomic E-state index is -4.40. The molecule has 1 aliphatic rings. The number of aromatic nitrogens is 2. The molecule has 30 heavy (non-hydrogen) atoms. The number of pyridine rings is 1. The summed E-state index contributed by atoms with van der Waals surface area (Å²) in [5, 5.41) is 10.6. The van der Waals surface area contributed by atoms with Gasteiger partial charge < -0.3 is 15.0 Å². The van der Waals surface area contributed by atoms with E-state index >= 15 is 0 Å². The summed E-state index contributed by atoms with van der Waals surface area (Å²) in [5.41, 5.74) is 5.16. The van der Waals surface area contributed by atoms with E-state index in [4.69, 9.17) is 0 Å². The van der Waals surface area contributed by atoms with Crippen LogP contribution in [0.5, 0.6) is 0 Å². The zero-order valence-corrected chi connectivity index (χ0v) is 16.6. The second-order valence-corrected chi connectivity index (χ2v) is 7.48. The molecule has 1 aliphatic heterocycles. The molecular weight excluding hydrogens is 391 g/mol. The molecule has 1 saturated heterocycles. The maximum atomic E-state index is 12.8. The van der Waals surface area contributed by atoms with Crippen LogP contribution in [0.4, 0.5) is 19.0 Å². The Labute approximate surface area is 172 Å². The summed E-state index contributed by atoms with van der Waals surface area (Å²) >= 11 is 0. The molecule has 0 saturated carbocycles. The Morgan fingerprint density at radius 3 is 2.70 bits per heavy atom. The quantitative estimate of drug-likeness (QED) is 0.612. The van der Waals surface area contributed by atoms with Crippen LogP contribution < -0.4 is 4.90 Å². The Kier molecular flexibility index (Phi) is 5.15. The van der Waals surface area contributed by atoms with Gasteiger partial charge in [-0.2, -0.15) is 13.2 Å². The van der Waals surface area contributed by atoms with Gasteiger partial charge in [0, 0.05) is 36.4 Å². The number of hydrogen-bond acceptors (Lipinski definition) is 3. The normalized spacial score (nSPS) is 17.0. The number of nitrogens with one attached hydrogen (secondary N) is 1. The minimum Gasteiger partial charge on any atom is -0.392 e. The van der Waals surface area contributed by atoms with Crippen molar-refractivity contribution in [3.05, 3.63) is 77.1 Å². The predicted molar refractivity (Wildman–Crippen MR) is 112 cm³/mol. The van der Waals surface area contributed by atoms with Gasteiger partial charge in [-0.1, -0.05) is 18.7 Å². The Hall–Kier alpha value is -3.06. The largest absolute Gasteiger partial charge is 0.417 e. The molecule has 3 aromatic rings. The van der Waals surface area contributed by atoms with E-state index in [0.29, 0.717) is 25.3 Å². The first-order chi connectivity index (χ1) is 14.3. The highest BCUT2D eigenvalue weighted by molar-refractivity contribution is 5.95. The van der Waals surface area contributed by atoms with Crippen LogP contribution in [-0.4, -0.2) is 28.2 Å². The Bertz CT molecular complexity index is 1130. The monoisotopic (exact) mass is 413 g/mol. The van der Waals surface area contributed by atoms with E-state index in [2.05, 4.69) is 16.5 Å². The van der Waals surface area contributed by atoms with Crippen molar-refractivity contribution in [2.24, 2.45) is 0 Å². The van der Waals surface area contributed by atoms with Crippen LogP contribution in [0.25, 0.3) is 16.5 Å². The molecular formula is C23H22F3N3O. The highest BCUT2D eigenvalue weighted by Gasteiger charge is 2.31. The molecule has 2 aromatic heterocycles. The molecule has 2 N–H and O–H groups in total. The molecule has 7 heteroatoms. The highest BCUT2D eigenvalue weighted by Crippen LogP contribution is 2.35. The van der Waals surface area contributed by atoms with Crippen molar-refractivity contribution >= 4 is 22.3 Å². The third-order valence-electron chi connectivity index (χ3n) is 5.69. The van der Waals surface area contributed by atoms with Crippen LogP contribution in [0.1, 0.15) is 30.0 Å². The lowest BCUT2D eigenvalue weighted by molar-refractivity contribution is -0.137. The SMILES string of the molecule is C=C1CCN(c2ccc(C(F)(F)F)cn2)C/C1=C(/C)c1ccc(CO)c2[nH]ccc12. The molecule has 1 fully saturated rings. The molecule has 0 bridgehead atoms. The second kappa shape index (κ2) is 7.65. The Morgan fingerprint density at radius 2 is 2.03 bits per heavy atom. The van der Waals surface area contributed by atoms with Gasteiger partial charge in [-0.15, -0.1) is 0 Å². The number of halogens is 3. The smallest absolute Gasteiger partial charge is 0.392 e. The number of piperidine rings is 1. The predicted octanol–water partition coefficient (Wildman–Crippen LogP) is 5.31. The topological polar surface area (TPSA) is 52.1 Å². The first-order valence-electron chi connectivity index (χ1n) is 9.66. The third-order valence-corrected chi connectivity index (χ3v) is 5.69. The van der Waals surface area contributed by atoms with E-state index < -0.39 is 11.7 Å². The zero-order valence-electron chi connectivity index (χ0n) is 16.6. The third kappa shape index (κ3) is 3.61. The van der Waals surface area contributed by atoms with Crippen LogP contribution in [0, 0.1) is 0 Å². The molecule has 0 atom stereocenters. The number of alkyl halides is 3. The van der Waals surface area contributed by atoms with Gasteiger partial charge in [0.1, 0.15) is 5.82 Å². The molecule has 0 spiro atoms. The summed E-state index contributed by atoms with van der Waals surface area (Å²) in [6, 6.07) is 8.36. The summed E-state index contributed by atoms with van der Waals surface area (Å²) in [6.45, 7) is 7.37. The number of fused-ring (bicyclic) bond motifs is 1. The second-order valence-electron chi connectivity index (χ2n) is 7.48. The molecule has 0 aliphatic carbocycles. The highest BCUT2D eigenvalue weighted by atomic mass is 19.4. The van der Waals surface area contributed by atoms with Crippen molar-refractivity contribution in [3.63, 3.8) is 0 Å². The van der Waals surface area contributed by atoms with Gasteiger partial charge in [0.15, 0.2) is 0 Å². The van der Waals surface area contributed by atoms with Crippen molar-refractivity contribution in [2.75, 3.05) is 18.0 Å². The lowest BCUT2D eigenvalue weighted by Crippen LogP contribution is -2.33. The fourth-order valence-electron chi connectivity index (χ4n) is 3.96. The van der Waals surface area contributed by atoms with E-state index in [-0.39, 0.29) is 6.61 Å². The standard InChI is InChI=1S/C23H22F3N3O/c1-14-8-10-29(21-6-4-17(11-28-21)23(24,25)26)12-20(14)15(2)18-5-3-16(13-30)22-19(18)7-9-27-22/h3-7,9,11,27,30H,1,8,10,12-13H2,2H3/b20-15+. The summed E-state index contributed by atoms with van der Waals surface area (Å²) in [4.78, 5) is 9.21. The first-order valence-corrected chi connectivity index (χ1v) is 9.66. The van der Waals surface area contributed by atoms with Gasteiger partial charge in [-0.05, 0) is 53.8 Å². The molecule has 0 radical (unpaired) electrons. The number of H-pyrrole nitrogens is 1. The van der Waals surface area contributed by atoms with Crippen molar-refractivity contribution < 1.29 is 18.3 Å². The van der Waals surface area contributed by atoms with E-state index in [1.165, 1.54) is 6.07 Å². The maximum absolute atomic E-state index is 12.8. The first kappa shape index (κ1) is 20.2. The number of allylic oxidation sites excluding steroid dienone is 1. The van der Waals surface area contributed by atoms with Gasteiger partial charge in [-0.3, -0.25) is 0 Å². The maximum Gasteiger partial charge on any atom is 0.417 e. The van der Waals surface area contributed by atoms with Crippen molar-refractivity contribution in [2.45, 2.75) is 26.1 Å². The number of aromatic amines is 1. The molecule has 0 unspecified atom stereocenters. The number of hydrogen-bond donors (Lipinski definition) is 2. The molecule has 0 amide bonds. The van der Waals surface area contributed by atoms with Crippen LogP contribution in [0.2, 0.25) is 0 Å². The molecule has 156 valence electrons. The number of anilines is 1. The van der Waals surface area contributed by atoms with Crippen LogP contribution >= 0.6 is 0 Å². The van der Waals surface area contributed by atoms with Crippen LogP contribution in [0.15, 0.2) is 60.5 Å². The van der Waals surface area contributed by atoms with Gasteiger partial charge in [0.2, 0.25) is 0 Å². The minimum absolute atomic E-state index is 0.0486. The fraction of sp³-hybridized carbons (Fsp3) is 0.261. The molecule has 4 rings (SSSR count). The van der Waals surface area contributed by atoms with Crippen molar-refractivity contribution in [3.8, 4) is 0 Å². The molecule has 4 nitrogen and oxygen atoms in total. The number of nitrogens with zero attached hydrogens (tertiary/aromatic N) is 2. The van der Waals surface area contributed by atoms with E-state index in [0.717, 1.165) is 51.0 Å². The Morgan fingerprint density at radius 1 is 1.23 bits per heavy atom. The molecule has 1 aromatic carbocycles. The van der Waals surface area contributed by atoms with E-state index in [1.54, 1.807) is 0 Å². The fourth-order valence-corrected chi connectivity index (χ4v) is 3.96. The zero-order chi connectivity index (χ0) is 21.5. The Balaban J connectivity index is 1.69. The van der Waals surface area contributed by atoms with Crippen LogP contribution in [0.3, 0.4) is 0 Å². The summed E-state index contributed by atoms with van der Waals surface area (Å²) in [6.07, 6.45) is -0.961. The summed E-state index contributed by atoms with van der Waals surface area (Å²) in [5.74, 6) is 0.517. The summed E-state index contributed by atoms with van der Waals surface area (Å²) in [7, 11) is 0. The van der Waals surface area contributed by atoms with Crippen molar-refractivity contribution in [1.29, 1.82) is 0 Å². The van der Waals surface area contributed by atoms with Gasteiger partial charge in [-0.25, -0.2) is 4.98 Å². The molecule has 3 heterocycles. The van der Waals surface area contributed by atoms with Crippen molar-refractivity contribution in [1.82, 2.24) is 9.97 Å². The number of aliphatic hydroxyl groups is 1. The lowest BCUT2D eigenvalue weighted by Gasteiger charge is -2.32. The van der Waals surface area contributed by atoms with Crippen LogP contribution in [-0.2, 0) is 12.8 Å². The van der Waals surface area contributed by atoms with Gasteiger partial charge in [0.25, 0.3) is 0 Å². The lowest BCUT2D eigenvalue weighted by atomic mass is 9.90. The van der Waals surface area contributed by atoms with E-state index in [1.807, 2.05) is 36.2 Å². The van der Waals surface area contributed by atoms with Gasteiger partial charge in [0.05, 0.1) is 17.7 Å².